The number of aryl methyl sites for hydroxylation is 1. The van der Waals surface area contributed by atoms with Crippen molar-refractivity contribution in [2.24, 2.45) is 0 Å². The average Bonchev–Trinajstić information content (AvgIpc) is 2.40. The van der Waals surface area contributed by atoms with E-state index in [1.54, 1.807) is 19.1 Å². The molecule has 2 rings (SSSR count). The third kappa shape index (κ3) is 3.50. The molecule has 0 saturated carbocycles. The molecule has 0 aliphatic carbocycles. The Kier molecular flexibility index (Phi) is 4.72. The molecule has 9 heteroatoms. The van der Waals surface area contributed by atoms with Crippen LogP contribution in [-0.2, 0) is 21.3 Å². The van der Waals surface area contributed by atoms with Crippen LogP contribution in [0.15, 0.2) is 28.7 Å². The molecular weight excluding hydrogens is 401 g/mol. The van der Waals surface area contributed by atoms with Crippen LogP contribution in [0.2, 0.25) is 0 Å². The van der Waals surface area contributed by atoms with Gasteiger partial charge in [-0.15, -0.1) is 0 Å². The Balaban J connectivity index is 2.77. The molecule has 0 aliphatic heterocycles. The molecule has 2 aromatic rings. The Morgan fingerprint density at radius 2 is 1.91 bits per heavy atom. The lowest BCUT2D eigenvalue weighted by Gasteiger charge is -2.16. The topological polar surface area (TPSA) is 60.4 Å². The van der Waals surface area contributed by atoms with Crippen LogP contribution in [0.25, 0.3) is 10.8 Å². The van der Waals surface area contributed by atoms with E-state index in [-0.39, 0.29) is 17.4 Å². The van der Waals surface area contributed by atoms with E-state index in [0.717, 1.165) is 0 Å². The van der Waals surface area contributed by atoms with Crippen molar-refractivity contribution in [3.05, 3.63) is 39.9 Å². The minimum atomic E-state index is -5.84. The molecule has 0 N–H and O–H groups in total. The van der Waals surface area contributed by atoms with Crippen molar-refractivity contribution in [2.75, 3.05) is 0 Å². The highest BCUT2D eigenvalue weighted by Crippen LogP contribution is 2.37. The van der Waals surface area contributed by atoms with Crippen LogP contribution in [0, 0.1) is 6.92 Å². The molecule has 0 fully saturated rings. The molecule has 0 aromatic heterocycles. The Morgan fingerprint density at radius 3 is 2.48 bits per heavy atom. The van der Waals surface area contributed by atoms with E-state index in [2.05, 4.69) is 20.1 Å². The molecule has 0 bridgehead atoms. The second-order valence-corrected chi connectivity index (χ2v) is 7.17. The lowest BCUT2D eigenvalue weighted by molar-refractivity contribution is -0.107. The molecule has 124 valence electrons. The molecule has 2 aromatic carbocycles. The fourth-order valence-electron chi connectivity index (χ4n) is 2.11. The van der Waals surface area contributed by atoms with E-state index in [4.69, 9.17) is 0 Å². The van der Waals surface area contributed by atoms with Crippen LogP contribution in [0.5, 0.6) is 5.75 Å². The van der Waals surface area contributed by atoms with Crippen LogP contribution >= 0.6 is 15.9 Å². The number of alkyl halides is 3. The Bertz CT molecular complexity index is 876. The molecule has 4 nitrogen and oxygen atoms in total. The number of aldehydes is 1. The predicted molar refractivity (Wildman–Crippen MR) is 81.8 cm³/mol. The summed E-state index contributed by atoms with van der Waals surface area (Å²) >= 11 is 3.23. The molecule has 0 aliphatic rings. The van der Waals surface area contributed by atoms with Crippen molar-refractivity contribution in [3.8, 4) is 5.75 Å². The van der Waals surface area contributed by atoms with E-state index in [1.807, 2.05) is 0 Å². The first-order valence-corrected chi connectivity index (χ1v) is 8.43. The molecular formula is C14H10BrF3O4S. The van der Waals surface area contributed by atoms with Gasteiger partial charge in [0.25, 0.3) is 0 Å². The van der Waals surface area contributed by atoms with Crippen molar-refractivity contribution < 1.29 is 30.6 Å². The summed E-state index contributed by atoms with van der Waals surface area (Å²) in [6.45, 7) is 1.56. The van der Waals surface area contributed by atoms with Gasteiger partial charge in [-0.3, -0.25) is 0 Å². The van der Waals surface area contributed by atoms with Crippen LogP contribution < -0.4 is 4.18 Å². The van der Waals surface area contributed by atoms with Gasteiger partial charge in [-0.25, -0.2) is 0 Å². The lowest BCUT2D eigenvalue weighted by Crippen LogP contribution is -2.28. The molecule has 0 saturated heterocycles. The lowest BCUT2D eigenvalue weighted by atomic mass is 9.98. The minimum Gasteiger partial charge on any atom is -0.375 e. The van der Waals surface area contributed by atoms with Gasteiger partial charge in [0.1, 0.15) is 6.29 Å². The number of rotatable bonds is 4. The Labute approximate surface area is 138 Å². The van der Waals surface area contributed by atoms with Crippen molar-refractivity contribution in [2.45, 2.75) is 18.9 Å². The summed E-state index contributed by atoms with van der Waals surface area (Å²) in [5.41, 5.74) is -5.01. The zero-order valence-corrected chi connectivity index (χ0v) is 14.0. The van der Waals surface area contributed by atoms with E-state index < -0.39 is 21.4 Å². The first-order valence-electron chi connectivity index (χ1n) is 6.23. The summed E-state index contributed by atoms with van der Waals surface area (Å²) in [7, 11) is -5.84. The van der Waals surface area contributed by atoms with Crippen LogP contribution in [0.3, 0.4) is 0 Å². The number of halogens is 4. The summed E-state index contributed by atoms with van der Waals surface area (Å²) in [6.07, 6.45) is 0.209. The van der Waals surface area contributed by atoms with E-state index in [0.29, 0.717) is 21.7 Å². The number of hydrogen-bond acceptors (Lipinski definition) is 4. The van der Waals surface area contributed by atoms with Gasteiger partial charge in [0.2, 0.25) is 0 Å². The molecule has 0 spiro atoms. The molecule has 0 amide bonds. The van der Waals surface area contributed by atoms with Crippen molar-refractivity contribution in [1.29, 1.82) is 0 Å². The first kappa shape index (κ1) is 17.7. The predicted octanol–water partition coefficient (Wildman–Crippen LogP) is 3.88. The highest BCUT2D eigenvalue weighted by atomic mass is 79.9. The fourth-order valence-corrected chi connectivity index (χ4v) is 2.99. The van der Waals surface area contributed by atoms with Gasteiger partial charge in [-0.2, -0.15) is 21.6 Å². The number of benzene rings is 2. The number of fused-ring (bicyclic) bond motifs is 1. The van der Waals surface area contributed by atoms with Crippen molar-refractivity contribution >= 4 is 43.1 Å². The molecule has 0 unspecified atom stereocenters. The maximum absolute atomic E-state index is 12.6. The SMILES string of the molecule is Cc1cc2cc(Br)ccc2c(OS(=O)(=O)C(F)(F)F)c1CC=O. The minimum absolute atomic E-state index is 0.0997. The quantitative estimate of drug-likeness (QED) is 0.435. The largest absolute Gasteiger partial charge is 0.534 e. The van der Waals surface area contributed by atoms with Crippen molar-refractivity contribution in [1.82, 2.24) is 0 Å². The normalized spacial score (nSPS) is 12.4. The van der Waals surface area contributed by atoms with E-state index in [1.165, 1.54) is 12.1 Å². The van der Waals surface area contributed by atoms with Crippen LogP contribution in [-0.4, -0.2) is 20.2 Å². The smallest absolute Gasteiger partial charge is 0.375 e. The summed E-state index contributed by atoms with van der Waals surface area (Å²) < 4.78 is 65.6. The number of carbonyl (C=O) groups is 1. The Morgan fingerprint density at radius 1 is 1.26 bits per heavy atom. The van der Waals surface area contributed by atoms with Crippen molar-refractivity contribution in [3.63, 3.8) is 0 Å². The van der Waals surface area contributed by atoms with Gasteiger partial charge in [-0.05, 0) is 36.1 Å². The van der Waals surface area contributed by atoms with Gasteiger partial charge >= 0.3 is 15.6 Å². The van der Waals surface area contributed by atoms with Crippen LogP contribution in [0.1, 0.15) is 11.1 Å². The molecule has 0 heterocycles. The standard InChI is InChI=1S/C14H10BrF3O4S/c1-8-6-9-7-10(15)2-3-12(9)13(11(8)4-5-19)22-23(20,21)14(16,17)18/h2-3,5-7H,4H2,1H3. The summed E-state index contributed by atoms with van der Waals surface area (Å²) in [5.74, 6) is -0.475. The molecule has 23 heavy (non-hydrogen) atoms. The monoisotopic (exact) mass is 410 g/mol. The Hall–Kier alpha value is -1.61. The second-order valence-electron chi connectivity index (χ2n) is 4.72. The third-order valence-corrected chi connectivity index (χ3v) is 4.59. The van der Waals surface area contributed by atoms with E-state index in [9.17, 15) is 26.4 Å². The fraction of sp³-hybridized carbons (Fsp3) is 0.214. The number of hydrogen-bond donors (Lipinski definition) is 0. The van der Waals surface area contributed by atoms with E-state index >= 15 is 0 Å². The maximum Gasteiger partial charge on any atom is 0.534 e. The zero-order chi connectivity index (χ0) is 17.4. The summed E-state index contributed by atoms with van der Waals surface area (Å²) in [6, 6.07) is 6.22. The zero-order valence-electron chi connectivity index (χ0n) is 11.6. The summed E-state index contributed by atoms with van der Waals surface area (Å²) in [4.78, 5) is 10.8. The van der Waals surface area contributed by atoms with Gasteiger partial charge < -0.3 is 8.98 Å². The average molecular weight is 411 g/mol. The van der Waals surface area contributed by atoms with Gasteiger partial charge in [0, 0.05) is 21.8 Å². The summed E-state index contributed by atoms with van der Waals surface area (Å²) in [5, 5.41) is 0.655. The molecule has 0 radical (unpaired) electrons. The number of carbonyl (C=O) groups excluding carboxylic acids is 1. The van der Waals surface area contributed by atoms with Gasteiger partial charge in [-0.1, -0.05) is 22.0 Å². The molecule has 0 atom stereocenters. The second kappa shape index (κ2) is 6.12. The third-order valence-electron chi connectivity index (χ3n) is 3.14. The van der Waals surface area contributed by atoms with Gasteiger partial charge in [0.05, 0.1) is 0 Å². The van der Waals surface area contributed by atoms with Crippen LogP contribution in [0.4, 0.5) is 13.2 Å². The highest BCUT2D eigenvalue weighted by Gasteiger charge is 2.49. The highest BCUT2D eigenvalue weighted by molar-refractivity contribution is 9.10. The van der Waals surface area contributed by atoms with Gasteiger partial charge in [0.15, 0.2) is 5.75 Å². The first-order chi connectivity index (χ1) is 10.6. The maximum atomic E-state index is 12.6.